The topological polar surface area (TPSA) is 108 Å². The SMILES string of the molecule is CCCN(CC(=O)OC)S(=O)(=O)c1cn(CCC)nc1N. The average molecular weight is 318 g/mol. The minimum atomic E-state index is -3.87. The van der Waals surface area contributed by atoms with Crippen LogP contribution in [0, 0.1) is 0 Å². The van der Waals surface area contributed by atoms with Crippen LogP contribution >= 0.6 is 0 Å². The largest absolute Gasteiger partial charge is 0.468 e. The Morgan fingerprint density at radius 3 is 2.62 bits per heavy atom. The van der Waals surface area contributed by atoms with E-state index in [1.807, 2.05) is 13.8 Å². The number of carbonyl (C=O) groups excluding carboxylic acids is 1. The highest BCUT2D eigenvalue weighted by atomic mass is 32.2. The Balaban J connectivity index is 3.12. The van der Waals surface area contributed by atoms with Crippen molar-refractivity contribution in [2.75, 3.05) is 25.9 Å². The predicted octanol–water partition coefficient (Wildman–Crippen LogP) is 0.449. The van der Waals surface area contributed by atoms with E-state index in [-0.39, 0.29) is 23.8 Å². The molecule has 0 aliphatic carbocycles. The summed E-state index contributed by atoms with van der Waals surface area (Å²) >= 11 is 0. The summed E-state index contributed by atoms with van der Waals surface area (Å²) in [6.45, 7) is 4.21. The van der Waals surface area contributed by atoms with Crippen LogP contribution in [0.1, 0.15) is 26.7 Å². The number of nitrogen functional groups attached to an aromatic ring is 1. The Hall–Kier alpha value is -1.61. The van der Waals surface area contributed by atoms with Crippen LogP contribution < -0.4 is 5.73 Å². The van der Waals surface area contributed by atoms with E-state index in [2.05, 4.69) is 9.84 Å². The molecule has 1 aromatic heterocycles. The van der Waals surface area contributed by atoms with Crippen molar-refractivity contribution in [2.45, 2.75) is 38.1 Å². The third-order valence-electron chi connectivity index (χ3n) is 2.83. The Morgan fingerprint density at radius 2 is 2.10 bits per heavy atom. The molecular weight excluding hydrogens is 296 g/mol. The first-order valence-corrected chi connectivity index (χ1v) is 8.20. The Labute approximate surface area is 124 Å². The van der Waals surface area contributed by atoms with Crippen molar-refractivity contribution in [3.05, 3.63) is 6.20 Å². The molecule has 1 rings (SSSR count). The molecule has 0 amide bonds. The lowest BCUT2D eigenvalue weighted by atomic mass is 10.5. The molecule has 1 heterocycles. The molecule has 2 N–H and O–H groups in total. The van der Waals surface area contributed by atoms with Gasteiger partial charge in [0.25, 0.3) is 0 Å². The van der Waals surface area contributed by atoms with Gasteiger partial charge >= 0.3 is 5.97 Å². The van der Waals surface area contributed by atoms with Gasteiger partial charge in [0.1, 0.15) is 11.4 Å². The number of esters is 1. The van der Waals surface area contributed by atoms with Crippen LogP contribution in [-0.2, 0) is 26.1 Å². The fourth-order valence-electron chi connectivity index (χ4n) is 1.84. The van der Waals surface area contributed by atoms with Crippen molar-refractivity contribution >= 4 is 21.8 Å². The summed E-state index contributed by atoms with van der Waals surface area (Å²) in [5.41, 5.74) is 5.70. The van der Waals surface area contributed by atoms with E-state index in [0.29, 0.717) is 13.0 Å². The maximum absolute atomic E-state index is 12.6. The van der Waals surface area contributed by atoms with Gasteiger partial charge in [0.05, 0.1) is 7.11 Å². The normalized spacial score (nSPS) is 11.8. The molecule has 21 heavy (non-hydrogen) atoms. The standard InChI is InChI=1S/C12H22N4O4S/c1-4-6-15-8-10(12(13)14-15)21(18,19)16(7-5-2)9-11(17)20-3/h8H,4-7,9H2,1-3H3,(H2,13,14). The van der Waals surface area contributed by atoms with E-state index in [9.17, 15) is 13.2 Å². The van der Waals surface area contributed by atoms with Gasteiger partial charge in [-0.15, -0.1) is 0 Å². The van der Waals surface area contributed by atoms with Gasteiger partial charge in [-0.2, -0.15) is 9.40 Å². The van der Waals surface area contributed by atoms with Crippen molar-refractivity contribution in [3.63, 3.8) is 0 Å². The van der Waals surface area contributed by atoms with Crippen LogP contribution in [0.15, 0.2) is 11.1 Å². The number of hydrogen-bond acceptors (Lipinski definition) is 6. The molecule has 0 atom stereocenters. The van der Waals surface area contributed by atoms with Gasteiger partial charge in [-0.1, -0.05) is 13.8 Å². The number of methoxy groups -OCH3 is 1. The average Bonchev–Trinajstić information content (AvgIpc) is 2.80. The molecule has 1 aromatic rings. The summed E-state index contributed by atoms with van der Waals surface area (Å²) in [7, 11) is -2.66. The predicted molar refractivity (Wildman–Crippen MR) is 78.0 cm³/mol. The third-order valence-corrected chi connectivity index (χ3v) is 4.69. The van der Waals surface area contributed by atoms with Crippen LogP contribution in [0.2, 0.25) is 0 Å². The molecule has 0 bridgehead atoms. The molecule has 120 valence electrons. The van der Waals surface area contributed by atoms with E-state index in [1.54, 1.807) is 0 Å². The maximum atomic E-state index is 12.6. The molecular formula is C12H22N4O4S. The van der Waals surface area contributed by atoms with Gasteiger partial charge in [0.2, 0.25) is 10.0 Å². The molecule has 9 heteroatoms. The van der Waals surface area contributed by atoms with Gasteiger partial charge in [-0.3, -0.25) is 9.48 Å². The Kier molecular flexibility index (Phi) is 6.16. The summed E-state index contributed by atoms with van der Waals surface area (Å²) in [4.78, 5) is 11.3. The lowest BCUT2D eigenvalue weighted by Crippen LogP contribution is -2.37. The molecule has 8 nitrogen and oxygen atoms in total. The number of nitrogens with two attached hydrogens (primary N) is 1. The Bertz CT molecular complexity index is 582. The highest BCUT2D eigenvalue weighted by Crippen LogP contribution is 2.21. The zero-order chi connectivity index (χ0) is 16.0. The number of rotatable bonds is 8. The third kappa shape index (κ3) is 4.18. The number of nitrogens with zero attached hydrogens (tertiary/aromatic N) is 3. The van der Waals surface area contributed by atoms with Crippen LogP contribution in [-0.4, -0.2) is 48.7 Å². The van der Waals surface area contributed by atoms with E-state index >= 15 is 0 Å². The number of carbonyl (C=O) groups is 1. The van der Waals surface area contributed by atoms with Gasteiger partial charge in [0.15, 0.2) is 5.82 Å². The van der Waals surface area contributed by atoms with Crippen molar-refractivity contribution < 1.29 is 17.9 Å². The van der Waals surface area contributed by atoms with E-state index in [0.717, 1.165) is 10.7 Å². The van der Waals surface area contributed by atoms with Crippen molar-refractivity contribution in [2.24, 2.45) is 0 Å². The number of ether oxygens (including phenoxy) is 1. The number of hydrogen-bond donors (Lipinski definition) is 1. The van der Waals surface area contributed by atoms with Gasteiger partial charge in [-0.25, -0.2) is 8.42 Å². The van der Waals surface area contributed by atoms with Crippen LogP contribution in [0.5, 0.6) is 0 Å². The first-order chi connectivity index (χ1) is 9.86. The van der Waals surface area contributed by atoms with Gasteiger partial charge in [0, 0.05) is 19.3 Å². The molecule has 0 aliphatic heterocycles. The van der Waals surface area contributed by atoms with E-state index in [4.69, 9.17) is 5.73 Å². The van der Waals surface area contributed by atoms with E-state index < -0.39 is 16.0 Å². The molecule has 0 aromatic carbocycles. The summed E-state index contributed by atoms with van der Waals surface area (Å²) in [6, 6.07) is 0. The van der Waals surface area contributed by atoms with Gasteiger partial charge in [-0.05, 0) is 12.8 Å². The van der Waals surface area contributed by atoms with Crippen LogP contribution in [0.3, 0.4) is 0 Å². The van der Waals surface area contributed by atoms with Crippen molar-refractivity contribution in [3.8, 4) is 0 Å². The zero-order valence-electron chi connectivity index (χ0n) is 12.6. The minimum absolute atomic E-state index is 0.0607. The maximum Gasteiger partial charge on any atom is 0.321 e. The summed E-state index contributed by atoms with van der Waals surface area (Å²) in [6.07, 6.45) is 2.77. The number of sulfonamides is 1. The number of aromatic nitrogens is 2. The number of aryl methyl sites for hydroxylation is 1. The zero-order valence-corrected chi connectivity index (χ0v) is 13.4. The second kappa shape index (κ2) is 7.41. The second-order valence-corrected chi connectivity index (χ2v) is 6.46. The molecule has 0 unspecified atom stereocenters. The lowest BCUT2D eigenvalue weighted by molar-refractivity contribution is -0.140. The van der Waals surface area contributed by atoms with Crippen molar-refractivity contribution in [1.29, 1.82) is 0 Å². The first kappa shape index (κ1) is 17.4. The smallest absolute Gasteiger partial charge is 0.321 e. The molecule has 0 saturated carbocycles. The first-order valence-electron chi connectivity index (χ1n) is 6.76. The number of anilines is 1. The quantitative estimate of drug-likeness (QED) is 0.697. The highest BCUT2D eigenvalue weighted by molar-refractivity contribution is 7.89. The summed E-state index contributed by atoms with van der Waals surface area (Å²) < 4.78 is 32.3. The summed E-state index contributed by atoms with van der Waals surface area (Å²) in [5.74, 6) is -0.680. The fraction of sp³-hybridized carbons (Fsp3) is 0.667. The minimum Gasteiger partial charge on any atom is -0.468 e. The lowest BCUT2D eigenvalue weighted by Gasteiger charge is -2.19. The van der Waals surface area contributed by atoms with E-state index in [1.165, 1.54) is 18.0 Å². The fourth-order valence-corrected chi connectivity index (χ4v) is 3.38. The van der Waals surface area contributed by atoms with Gasteiger partial charge < -0.3 is 10.5 Å². The second-order valence-electron chi connectivity index (χ2n) is 4.56. The summed E-state index contributed by atoms with van der Waals surface area (Å²) in [5, 5.41) is 3.98. The van der Waals surface area contributed by atoms with Crippen LogP contribution in [0.4, 0.5) is 5.82 Å². The monoisotopic (exact) mass is 318 g/mol. The molecule has 0 saturated heterocycles. The van der Waals surface area contributed by atoms with Crippen molar-refractivity contribution in [1.82, 2.24) is 14.1 Å². The highest BCUT2D eigenvalue weighted by Gasteiger charge is 2.30. The molecule has 0 radical (unpaired) electrons. The Morgan fingerprint density at radius 1 is 1.43 bits per heavy atom. The molecule has 0 fully saturated rings. The molecule has 0 aliphatic rings. The molecule has 0 spiro atoms. The van der Waals surface area contributed by atoms with Crippen LogP contribution in [0.25, 0.3) is 0 Å².